The summed E-state index contributed by atoms with van der Waals surface area (Å²) in [5.41, 5.74) is 0.834. The van der Waals surface area contributed by atoms with Crippen LogP contribution in [0, 0.1) is 10.1 Å². The van der Waals surface area contributed by atoms with E-state index in [-0.39, 0.29) is 40.5 Å². The lowest BCUT2D eigenvalue weighted by Gasteiger charge is -2.27. The number of ether oxygens (including phenoxy) is 1. The van der Waals surface area contributed by atoms with E-state index in [0.29, 0.717) is 18.7 Å². The van der Waals surface area contributed by atoms with Gasteiger partial charge in [-0.05, 0) is 36.2 Å². The highest BCUT2D eigenvalue weighted by Crippen LogP contribution is 2.27. The Kier molecular flexibility index (Phi) is 7.14. The molecule has 166 valence electrons. The van der Waals surface area contributed by atoms with Crippen LogP contribution in [0.1, 0.15) is 12.0 Å². The summed E-state index contributed by atoms with van der Waals surface area (Å²) >= 11 is 5.81. The van der Waals surface area contributed by atoms with Crippen molar-refractivity contribution in [2.24, 2.45) is 0 Å². The van der Waals surface area contributed by atoms with Crippen molar-refractivity contribution in [3.8, 4) is 5.75 Å². The molecule has 1 amide bonds. The van der Waals surface area contributed by atoms with Crippen molar-refractivity contribution >= 4 is 38.7 Å². The number of rotatable bonds is 8. The van der Waals surface area contributed by atoms with Crippen molar-refractivity contribution in [2.45, 2.75) is 19.0 Å². The van der Waals surface area contributed by atoms with Gasteiger partial charge in [0.2, 0.25) is 5.91 Å². The molecular formula is C20H22ClN3O6S. The molecule has 0 spiro atoms. The van der Waals surface area contributed by atoms with Crippen molar-refractivity contribution in [3.63, 3.8) is 0 Å². The number of methoxy groups -OCH3 is 1. The average molecular weight is 468 g/mol. The van der Waals surface area contributed by atoms with Crippen molar-refractivity contribution in [1.82, 2.24) is 4.90 Å². The summed E-state index contributed by atoms with van der Waals surface area (Å²) in [5.74, 6) is 0.361. The summed E-state index contributed by atoms with van der Waals surface area (Å²) < 4.78 is 29.1. The van der Waals surface area contributed by atoms with Crippen molar-refractivity contribution < 1.29 is 22.9 Å². The van der Waals surface area contributed by atoms with E-state index >= 15 is 0 Å². The first-order valence-electron chi connectivity index (χ1n) is 9.48. The molecule has 1 aliphatic rings. The lowest BCUT2D eigenvalue weighted by Crippen LogP contribution is -2.41. The first-order chi connectivity index (χ1) is 14.7. The lowest BCUT2D eigenvalue weighted by molar-refractivity contribution is -0.384. The van der Waals surface area contributed by atoms with Crippen LogP contribution >= 0.6 is 11.6 Å². The molecule has 2 aromatic rings. The topological polar surface area (TPSA) is 119 Å². The summed E-state index contributed by atoms with van der Waals surface area (Å²) in [6, 6.07) is 11.0. The molecule has 2 aromatic carbocycles. The Hall–Kier alpha value is -2.69. The SMILES string of the molecule is COc1ccc(CN(CC(=O)Nc2ccc(Cl)c([N+](=O)[O-])c2)C2CCS(=O)(=O)C2)cc1. The molecule has 0 radical (unpaired) electrons. The van der Waals surface area contributed by atoms with E-state index in [2.05, 4.69) is 5.32 Å². The van der Waals surface area contributed by atoms with E-state index in [1.807, 2.05) is 17.0 Å². The van der Waals surface area contributed by atoms with Gasteiger partial charge in [-0.15, -0.1) is 0 Å². The van der Waals surface area contributed by atoms with Crippen molar-refractivity contribution in [2.75, 3.05) is 30.5 Å². The molecule has 31 heavy (non-hydrogen) atoms. The highest BCUT2D eigenvalue weighted by atomic mass is 35.5. The van der Waals surface area contributed by atoms with Gasteiger partial charge in [-0.3, -0.25) is 19.8 Å². The highest BCUT2D eigenvalue weighted by molar-refractivity contribution is 7.91. The Bertz CT molecular complexity index is 1070. The molecular weight excluding hydrogens is 446 g/mol. The number of carbonyl (C=O) groups is 1. The number of halogens is 1. The molecule has 1 unspecified atom stereocenters. The molecule has 1 N–H and O–H groups in total. The number of nitro benzene ring substituents is 1. The van der Waals surface area contributed by atoms with Crippen LogP contribution in [-0.4, -0.2) is 55.4 Å². The number of hydrogen-bond donors (Lipinski definition) is 1. The van der Waals surface area contributed by atoms with Crippen molar-refractivity contribution in [3.05, 3.63) is 63.2 Å². The molecule has 0 bridgehead atoms. The van der Waals surface area contributed by atoms with E-state index in [1.54, 1.807) is 19.2 Å². The number of hydrogen-bond acceptors (Lipinski definition) is 7. The maximum absolute atomic E-state index is 12.7. The predicted octanol–water partition coefficient (Wildman–Crippen LogP) is 2.88. The smallest absolute Gasteiger partial charge is 0.289 e. The Labute approximate surface area is 185 Å². The number of sulfone groups is 1. The third-order valence-corrected chi connectivity index (χ3v) is 7.11. The van der Waals surface area contributed by atoms with E-state index in [4.69, 9.17) is 16.3 Å². The minimum absolute atomic E-state index is 0.0111. The van der Waals surface area contributed by atoms with Gasteiger partial charge in [0.15, 0.2) is 9.84 Å². The number of benzene rings is 2. The number of nitrogens with zero attached hydrogens (tertiary/aromatic N) is 2. The van der Waals surface area contributed by atoms with E-state index in [1.165, 1.54) is 18.2 Å². The Morgan fingerprint density at radius 2 is 2.00 bits per heavy atom. The zero-order chi connectivity index (χ0) is 22.6. The van der Waals surface area contributed by atoms with Crippen LogP contribution in [0.2, 0.25) is 5.02 Å². The fourth-order valence-corrected chi connectivity index (χ4v) is 5.41. The van der Waals surface area contributed by atoms with Crippen LogP contribution in [0.25, 0.3) is 0 Å². The summed E-state index contributed by atoms with van der Waals surface area (Å²) in [5, 5.41) is 13.7. The second-order valence-electron chi connectivity index (χ2n) is 7.28. The second kappa shape index (κ2) is 9.63. The first kappa shape index (κ1) is 23.0. The van der Waals surface area contributed by atoms with Crippen LogP contribution in [0.15, 0.2) is 42.5 Å². The Morgan fingerprint density at radius 3 is 2.58 bits per heavy atom. The molecule has 1 fully saturated rings. The standard InChI is InChI=1S/C20H22ClN3O6S/c1-30-17-5-2-14(3-6-17)11-23(16-8-9-31(28,29)13-16)12-20(25)22-15-4-7-18(21)19(10-15)24(26)27/h2-7,10,16H,8-9,11-13H2,1H3,(H,22,25). The number of anilines is 1. The summed E-state index contributed by atoms with van der Waals surface area (Å²) in [6.07, 6.45) is 0.443. The molecule has 1 heterocycles. The van der Waals surface area contributed by atoms with Crippen LogP contribution in [-0.2, 0) is 21.2 Å². The van der Waals surface area contributed by atoms with Gasteiger partial charge in [0.25, 0.3) is 5.69 Å². The van der Waals surface area contributed by atoms with Crippen LogP contribution in [0.4, 0.5) is 11.4 Å². The molecule has 0 aromatic heterocycles. The van der Waals surface area contributed by atoms with E-state index in [0.717, 1.165) is 5.56 Å². The summed E-state index contributed by atoms with van der Waals surface area (Å²) in [7, 11) is -1.58. The lowest BCUT2D eigenvalue weighted by atomic mass is 10.1. The fraction of sp³-hybridized carbons (Fsp3) is 0.350. The summed E-state index contributed by atoms with van der Waals surface area (Å²) in [6.45, 7) is 0.307. The van der Waals surface area contributed by atoms with Gasteiger partial charge in [-0.25, -0.2) is 8.42 Å². The van der Waals surface area contributed by atoms with Gasteiger partial charge in [-0.2, -0.15) is 0 Å². The molecule has 9 nitrogen and oxygen atoms in total. The van der Waals surface area contributed by atoms with Crippen LogP contribution in [0.5, 0.6) is 5.75 Å². The molecule has 1 aliphatic heterocycles. The first-order valence-corrected chi connectivity index (χ1v) is 11.7. The molecule has 1 atom stereocenters. The molecule has 3 rings (SSSR count). The molecule has 0 aliphatic carbocycles. The minimum Gasteiger partial charge on any atom is -0.497 e. The van der Waals surface area contributed by atoms with Gasteiger partial charge >= 0.3 is 0 Å². The highest BCUT2D eigenvalue weighted by Gasteiger charge is 2.33. The third kappa shape index (κ3) is 6.16. The number of amides is 1. The number of nitrogens with one attached hydrogen (secondary N) is 1. The fourth-order valence-electron chi connectivity index (χ4n) is 3.46. The maximum Gasteiger partial charge on any atom is 0.289 e. The average Bonchev–Trinajstić information content (AvgIpc) is 3.09. The number of nitro groups is 1. The normalized spacial score (nSPS) is 17.5. The number of carbonyl (C=O) groups excluding carboxylic acids is 1. The maximum atomic E-state index is 12.7. The zero-order valence-corrected chi connectivity index (χ0v) is 18.4. The summed E-state index contributed by atoms with van der Waals surface area (Å²) in [4.78, 5) is 24.9. The monoisotopic (exact) mass is 467 g/mol. The second-order valence-corrected chi connectivity index (χ2v) is 9.92. The Balaban J connectivity index is 1.75. The zero-order valence-electron chi connectivity index (χ0n) is 16.8. The predicted molar refractivity (Wildman–Crippen MR) is 117 cm³/mol. The van der Waals surface area contributed by atoms with E-state index in [9.17, 15) is 23.3 Å². The molecule has 1 saturated heterocycles. The van der Waals surface area contributed by atoms with Crippen LogP contribution in [0.3, 0.4) is 0 Å². The van der Waals surface area contributed by atoms with Gasteiger partial charge in [0.1, 0.15) is 10.8 Å². The van der Waals surface area contributed by atoms with Crippen molar-refractivity contribution in [1.29, 1.82) is 0 Å². The van der Waals surface area contributed by atoms with Gasteiger partial charge in [0, 0.05) is 24.3 Å². The van der Waals surface area contributed by atoms with Crippen LogP contribution < -0.4 is 10.1 Å². The van der Waals surface area contributed by atoms with Gasteiger partial charge in [0.05, 0.1) is 30.1 Å². The Morgan fingerprint density at radius 1 is 1.29 bits per heavy atom. The van der Waals surface area contributed by atoms with E-state index < -0.39 is 20.7 Å². The van der Waals surface area contributed by atoms with Gasteiger partial charge < -0.3 is 10.1 Å². The quantitative estimate of drug-likeness (QED) is 0.468. The largest absolute Gasteiger partial charge is 0.497 e. The third-order valence-electron chi connectivity index (χ3n) is 5.04. The molecule has 0 saturated carbocycles. The van der Waals surface area contributed by atoms with Gasteiger partial charge in [-0.1, -0.05) is 23.7 Å². The minimum atomic E-state index is -3.14. The molecule has 11 heteroatoms.